The van der Waals surface area contributed by atoms with Gasteiger partial charge in [-0.05, 0) is 79.3 Å². The van der Waals surface area contributed by atoms with Crippen LogP contribution < -0.4 is 10.2 Å². The zero-order chi connectivity index (χ0) is 24.5. The summed E-state index contributed by atoms with van der Waals surface area (Å²) < 4.78 is 25.2. The maximum atomic E-state index is 14.0. The van der Waals surface area contributed by atoms with Crippen LogP contribution in [0.25, 0.3) is 11.3 Å². The van der Waals surface area contributed by atoms with Gasteiger partial charge in [-0.25, -0.2) is 9.18 Å². The Bertz CT molecular complexity index is 1410. The minimum atomic E-state index is -0.419. The summed E-state index contributed by atoms with van der Waals surface area (Å²) >= 11 is 5.71. The van der Waals surface area contributed by atoms with Crippen LogP contribution in [0.4, 0.5) is 10.1 Å². The van der Waals surface area contributed by atoms with E-state index in [9.17, 15) is 9.18 Å². The van der Waals surface area contributed by atoms with Gasteiger partial charge in [0.25, 0.3) is 0 Å². The second kappa shape index (κ2) is 9.31. The molecule has 6 nitrogen and oxygen atoms in total. The summed E-state index contributed by atoms with van der Waals surface area (Å²) in [4.78, 5) is 18.4. The summed E-state index contributed by atoms with van der Waals surface area (Å²) in [7, 11) is 1.35. The summed E-state index contributed by atoms with van der Waals surface area (Å²) in [6.45, 7) is 1.72. The molecule has 0 spiro atoms. The number of aromatic nitrogens is 1. The van der Waals surface area contributed by atoms with E-state index in [-0.39, 0.29) is 17.9 Å². The molecular weight excluding hydrogens is 465 g/mol. The number of carbonyl (C=O) groups is 1. The molecule has 176 valence electrons. The summed E-state index contributed by atoms with van der Waals surface area (Å²) in [6, 6.07) is 20.7. The Labute approximate surface area is 207 Å². The number of esters is 1. The minimum Gasteiger partial charge on any atom is -0.465 e. The number of methoxy groups -OCH3 is 1. The first-order valence-electron chi connectivity index (χ1n) is 11.0. The number of nitrogens with zero attached hydrogens (tertiary/aromatic N) is 2. The SMILES string of the molecule is COC(=O)c1cccc(-c2ccc([C@@H]3[C@H](c4ccccn4)NC(=S)N3c3ccc(F)c(C)c3)o2)c1. The van der Waals surface area contributed by atoms with E-state index < -0.39 is 5.97 Å². The predicted octanol–water partition coefficient (Wildman–Crippen LogP) is 5.75. The Kier molecular flexibility index (Phi) is 6.05. The third-order valence-electron chi connectivity index (χ3n) is 6.00. The Morgan fingerprint density at radius 3 is 2.71 bits per heavy atom. The molecule has 1 N–H and O–H groups in total. The highest BCUT2D eigenvalue weighted by molar-refractivity contribution is 7.80. The third kappa shape index (κ3) is 4.28. The molecule has 0 amide bonds. The van der Waals surface area contributed by atoms with E-state index in [0.29, 0.717) is 27.8 Å². The van der Waals surface area contributed by atoms with Gasteiger partial charge >= 0.3 is 5.97 Å². The van der Waals surface area contributed by atoms with Gasteiger partial charge in [0.1, 0.15) is 23.4 Å². The molecule has 1 fully saturated rings. The molecule has 1 aliphatic rings. The highest BCUT2D eigenvalue weighted by atomic mass is 32.1. The van der Waals surface area contributed by atoms with Gasteiger partial charge in [-0.15, -0.1) is 0 Å². The molecular formula is C27H22FN3O3S. The van der Waals surface area contributed by atoms with Crippen LogP contribution in [-0.4, -0.2) is 23.2 Å². The number of pyridine rings is 1. The van der Waals surface area contributed by atoms with Crippen molar-refractivity contribution in [3.63, 3.8) is 0 Å². The Balaban J connectivity index is 1.58. The van der Waals surface area contributed by atoms with E-state index in [1.807, 2.05) is 41.3 Å². The number of halogens is 1. The predicted molar refractivity (Wildman–Crippen MR) is 135 cm³/mol. The van der Waals surface area contributed by atoms with Crippen molar-refractivity contribution in [1.82, 2.24) is 10.3 Å². The Hall–Kier alpha value is -4.04. The standard InChI is InChI=1S/C27H22FN3O3S/c1-16-14-19(9-10-20(16)28)31-25(24(30-27(31)35)21-8-3-4-13-29-21)23-12-11-22(34-23)17-6-5-7-18(15-17)26(32)33-2/h3-15,24-25H,1-2H3,(H,30,35)/t24-,25+/m0/s1. The number of carbonyl (C=O) groups excluding carboxylic acids is 1. The molecule has 0 unspecified atom stereocenters. The molecule has 2 aromatic heterocycles. The molecule has 2 aromatic carbocycles. The minimum absolute atomic E-state index is 0.282. The number of hydrogen-bond donors (Lipinski definition) is 1. The number of anilines is 1. The number of ether oxygens (including phenoxy) is 1. The number of benzene rings is 2. The number of rotatable bonds is 5. The quantitative estimate of drug-likeness (QED) is 0.284. The van der Waals surface area contributed by atoms with Crippen LogP contribution in [0.3, 0.4) is 0 Å². The lowest BCUT2D eigenvalue weighted by Gasteiger charge is -2.26. The lowest BCUT2D eigenvalue weighted by molar-refractivity contribution is 0.0601. The third-order valence-corrected chi connectivity index (χ3v) is 6.32. The number of aryl methyl sites for hydroxylation is 1. The molecule has 0 aliphatic carbocycles. The molecule has 0 radical (unpaired) electrons. The average Bonchev–Trinajstić information content (AvgIpc) is 3.50. The first kappa shape index (κ1) is 22.7. The van der Waals surface area contributed by atoms with Crippen molar-refractivity contribution in [2.45, 2.75) is 19.0 Å². The van der Waals surface area contributed by atoms with Gasteiger partial charge in [-0.3, -0.25) is 4.98 Å². The molecule has 2 atom stereocenters. The maximum Gasteiger partial charge on any atom is 0.337 e. The van der Waals surface area contributed by atoms with Crippen molar-refractivity contribution in [1.29, 1.82) is 0 Å². The van der Waals surface area contributed by atoms with Crippen molar-refractivity contribution in [3.05, 3.63) is 107 Å². The van der Waals surface area contributed by atoms with Crippen LogP contribution in [0.15, 0.2) is 83.4 Å². The van der Waals surface area contributed by atoms with Crippen molar-refractivity contribution in [2.75, 3.05) is 12.0 Å². The monoisotopic (exact) mass is 487 g/mol. The first-order valence-corrected chi connectivity index (χ1v) is 11.4. The number of furan rings is 1. The fraction of sp³-hybridized carbons (Fsp3) is 0.148. The number of hydrogen-bond acceptors (Lipinski definition) is 5. The van der Waals surface area contributed by atoms with Crippen molar-refractivity contribution >= 4 is 29.0 Å². The summed E-state index contributed by atoms with van der Waals surface area (Å²) in [5.41, 5.74) is 3.24. The molecule has 0 bridgehead atoms. The van der Waals surface area contributed by atoms with Crippen molar-refractivity contribution < 1.29 is 18.3 Å². The molecule has 5 rings (SSSR count). The second-order valence-corrected chi connectivity index (χ2v) is 8.59. The van der Waals surface area contributed by atoms with Crippen LogP contribution in [0.2, 0.25) is 0 Å². The van der Waals surface area contributed by atoms with E-state index in [0.717, 1.165) is 16.9 Å². The molecule has 1 aliphatic heterocycles. The van der Waals surface area contributed by atoms with E-state index in [4.69, 9.17) is 21.4 Å². The van der Waals surface area contributed by atoms with E-state index in [1.165, 1.54) is 13.2 Å². The first-order chi connectivity index (χ1) is 17.0. The summed E-state index contributed by atoms with van der Waals surface area (Å²) in [5, 5.41) is 3.85. The summed E-state index contributed by atoms with van der Waals surface area (Å²) in [5.74, 6) is 0.541. The molecule has 8 heteroatoms. The van der Waals surface area contributed by atoms with Crippen molar-refractivity contribution in [3.8, 4) is 11.3 Å². The lowest BCUT2D eigenvalue weighted by Crippen LogP contribution is -2.29. The molecule has 3 heterocycles. The maximum absolute atomic E-state index is 14.0. The zero-order valence-electron chi connectivity index (χ0n) is 19.1. The normalized spacial score (nSPS) is 17.3. The fourth-order valence-electron chi connectivity index (χ4n) is 4.28. The van der Waals surface area contributed by atoms with E-state index in [2.05, 4.69) is 10.3 Å². The molecule has 35 heavy (non-hydrogen) atoms. The zero-order valence-corrected chi connectivity index (χ0v) is 19.9. The molecule has 0 saturated carbocycles. The van der Waals surface area contributed by atoms with Gasteiger partial charge in [0.15, 0.2) is 5.11 Å². The largest absolute Gasteiger partial charge is 0.465 e. The van der Waals surface area contributed by atoms with Gasteiger partial charge in [0.05, 0.1) is 24.4 Å². The van der Waals surface area contributed by atoms with Crippen LogP contribution in [0, 0.1) is 12.7 Å². The van der Waals surface area contributed by atoms with Crippen LogP contribution in [-0.2, 0) is 4.74 Å². The number of nitrogens with one attached hydrogen (secondary N) is 1. The highest BCUT2D eigenvalue weighted by Gasteiger charge is 2.42. The number of thiocarbonyl (C=S) groups is 1. The second-order valence-electron chi connectivity index (χ2n) is 8.20. The van der Waals surface area contributed by atoms with E-state index in [1.54, 1.807) is 43.5 Å². The topological polar surface area (TPSA) is 67.6 Å². The fourth-order valence-corrected chi connectivity index (χ4v) is 4.63. The molecule has 1 saturated heterocycles. The molecule has 4 aromatic rings. The summed E-state index contributed by atoms with van der Waals surface area (Å²) in [6.07, 6.45) is 1.73. The average molecular weight is 488 g/mol. The van der Waals surface area contributed by atoms with Crippen molar-refractivity contribution in [2.24, 2.45) is 0 Å². The Morgan fingerprint density at radius 2 is 1.97 bits per heavy atom. The van der Waals surface area contributed by atoms with E-state index >= 15 is 0 Å². The van der Waals surface area contributed by atoms with Gasteiger partial charge in [0, 0.05) is 17.4 Å². The lowest BCUT2D eigenvalue weighted by atomic mass is 10.0. The van der Waals surface area contributed by atoms with Gasteiger partial charge in [-0.2, -0.15) is 0 Å². The Morgan fingerprint density at radius 1 is 1.11 bits per heavy atom. The van der Waals surface area contributed by atoms with Crippen LogP contribution in [0.5, 0.6) is 0 Å². The van der Waals surface area contributed by atoms with Gasteiger partial charge in [-0.1, -0.05) is 18.2 Å². The highest BCUT2D eigenvalue weighted by Crippen LogP contribution is 2.43. The van der Waals surface area contributed by atoms with Gasteiger partial charge in [0.2, 0.25) is 0 Å². The smallest absolute Gasteiger partial charge is 0.337 e. The van der Waals surface area contributed by atoms with Gasteiger partial charge < -0.3 is 19.4 Å². The van der Waals surface area contributed by atoms with Crippen LogP contribution >= 0.6 is 12.2 Å². The van der Waals surface area contributed by atoms with Crippen LogP contribution in [0.1, 0.15) is 39.5 Å².